The van der Waals surface area contributed by atoms with E-state index in [1.807, 2.05) is 12.4 Å². The first kappa shape index (κ1) is 16.9. The van der Waals surface area contributed by atoms with Crippen molar-refractivity contribution in [2.24, 2.45) is 5.41 Å². The van der Waals surface area contributed by atoms with E-state index >= 15 is 0 Å². The lowest BCUT2D eigenvalue weighted by molar-refractivity contribution is 0.142. The van der Waals surface area contributed by atoms with Gasteiger partial charge in [-0.15, -0.1) is 11.3 Å². The van der Waals surface area contributed by atoms with Crippen LogP contribution in [-0.2, 0) is 16.6 Å². The van der Waals surface area contributed by atoms with Crippen molar-refractivity contribution < 1.29 is 8.42 Å². The van der Waals surface area contributed by atoms with Gasteiger partial charge in [0.25, 0.3) is 10.0 Å². The lowest BCUT2D eigenvalue weighted by atomic mass is 9.75. The molecule has 2 heterocycles. The zero-order chi connectivity index (χ0) is 15.5. The molecule has 6 heteroatoms. The third-order valence-corrected chi connectivity index (χ3v) is 8.25. The molecule has 1 fully saturated rings. The summed E-state index contributed by atoms with van der Waals surface area (Å²) in [6.45, 7) is 6.46. The molecule has 1 aromatic rings. The maximum Gasteiger partial charge on any atom is 0.252 e. The van der Waals surface area contributed by atoms with E-state index in [2.05, 4.69) is 19.2 Å². The molecule has 1 aliphatic rings. The Morgan fingerprint density at radius 1 is 1.29 bits per heavy atom. The highest BCUT2D eigenvalue weighted by molar-refractivity contribution is 7.91. The molecule has 0 bridgehead atoms. The minimum absolute atomic E-state index is 0.346. The molecule has 4 nitrogen and oxygen atoms in total. The number of thiophene rings is 1. The van der Waals surface area contributed by atoms with E-state index in [0.717, 1.165) is 31.2 Å². The fraction of sp³-hybridized carbons (Fsp3) is 0.733. The van der Waals surface area contributed by atoms with Gasteiger partial charge in [0.2, 0.25) is 0 Å². The van der Waals surface area contributed by atoms with Gasteiger partial charge in [-0.25, -0.2) is 8.42 Å². The summed E-state index contributed by atoms with van der Waals surface area (Å²) in [7, 11) is -1.44. The molecule has 2 rings (SSSR count). The highest BCUT2D eigenvalue weighted by atomic mass is 32.2. The normalized spacial score (nSPS) is 19.8. The third-order valence-electron chi connectivity index (χ3n) is 4.89. The Labute approximate surface area is 132 Å². The molecule has 0 unspecified atom stereocenters. The molecule has 0 atom stereocenters. The Hall–Kier alpha value is -0.430. The Morgan fingerprint density at radius 2 is 1.90 bits per heavy atom. The topological polar surface area (TPSA) is 49.4 Å². The molecule has 0 spiro atoms. The number of nitrogens with one attached hydrogen (secondary N) is 1. The largest absolute Gasteiger partial charge is 0.316 e. The van der Waals surface area contributed by atoms with Crippen LogP contribution in [0.4, 0.5) is 0 Å². The molecule has 120 valence electrons. The van der Waals surface area contributed by atoms with Gasteiger partial charge in [-0.1, -0.05) is 26.7 Å². The molecule has 1 N–H and O–H groups in total. The Morgan fingerprint density at radius 3 is 2.43 bits per heavy atom. The molecule has 1 aliphatic heterocycles. The molecule has 0 radical (unpaired) electrons. The number of rotatable bonds is 6. The number of hydrogen-bond acceptors (Lipinski definition) is 4. The minimum atomic E-state index is -3.30. The number of piperidine rings is 1. The van der Waals surface area contributed by atoms with Crippen LogP contribution >= 0.6 is 11.3 Å². The zero-order valence-electron chi connectivity index (χ0n) is 13.2. The van der Waals surface area contributed by atoms with Crippen LogP contribution in [0.2, 0.25) is 0 Å². The molecule has 0 amide bonds. The third kappa shape index (κ3) is 3.50. The van der Waals surface area contributed by atoms with Crippen molar-refractivity contribution in [2.75, 3.05) is 20.1 Å². The Bertz CT molecular complexity index is 552. The maximum absolute atomic E-state index is 12.7. The van der Waals surface area contributed by atoms with Gasteiger partial charge in [-0.2, -0.15) is 4.31 Å². The van der Waals surface area contributed by atoms with Crippen LogP contribution in [0.3, 0.4) is 0 Å². The first-order valence-corrected chi connectivity index (χ1v) is 10.0. The van der Waals surface area contributed by atoms with E-state index in [4.69, 9.17) is 0 Å². The van der Waals surface area contributed by atoms with Crippen LogP contribution in [0.5, 0.6) is 0 Å². The number of hydrogen-bond donors (Lipinski definition) is 1. The molecule has 0 saturated carbocycles. The number of sulfonamides is 1. The molecular formula is C15H26N2O2S2. The van der Waals surface area contributed by atoms with E-state index in [1.165, 1.54) is 11.3 Å². The molecule has 1 aromatic heterocycles. The summed E-state index contributed by atoms with van der Waals surface area (Å²) in [4.78, 5) is 0. The van der Waals surface area contributed by atoms with Gasteiger partial charge in [0.05, 0.1) is 0 Å². The van der Waals surface area contributed by atoms with Crippen molar-refractivity contribution in [1.82, 2.24) is 9.62 Å². The van der Waals surface area contributed by atoms with Gasteiger partial charge < -0.3 is 5.32 Å². The summed E-state index contributed by atoms with van der Waals surface area (Å²) < 4.78 is 27.6. The summed E-state index contributed by atoms with van der Waals surface area (Å²) in [5.74, 6) is 0. The van der Waals surface area contributed by atoms with Crippen molar-refractivity contribution in [3.8, 4) is 0 Å². The van der Waals surface area contributed by atoms with Gasteiger partial charge in [-0.3, -0.25) is 0 Å². The first-order chi connectivity index (χ1) is 9.97. The molecular weight excluding hydrogens is 304 g/mol. The van der Waals surface area contributed by atoms with E-state index < -0.39 is 10.0 Å². The average Bonchev–Trinajstić information content (AvgIpc) is 2.97. The van der Waals surface area contributed by atoms with E-state index in [1.54, 1.807) is 10.4 Å². The van der Waals surface area contributed by atoms with E-state index in [9.17, 15) is 8.42 Å². The summed E-state index contributed by atoms with van der Waals surface area (Å²) in [5, 5.41) is 4.98. The standard InChI is InChI=1S/C15H26N2O2S2/c1-4-15(5-2)6-8-17(9-7-15)21(18,19)14-10-13(11-16-3)12-20-14/h10,12,16H,4-9,11H2,1-3H3. The van der Waals surface area contributed by atoms with Gasteiger partial charge in [0.1, 0.15) is 4.21 Å². The first-order valence-electron chi connectivity index (χ1n) is 7.69. The minimum Gasteiger partial charge on any atom is -0.316 e. The van der Waals surface area contributed by atoms with E-state index in [0.29, 0.717) is 29.3 Å². The fourth-order valence-electron chi connectivity index (χ4n) is 3.07. The predicted molar refractivity (Wildman–Crippen MR) is 88.1 cm³/mol. The summed E-state index contributed by atoms with van der Waals surface area (Å²) in [6, 6.07) is 1.80. The van der Waals surface area contributed by atoms with Gasteiger partial charge in [0.15, 0.2) is 0 Å². The van der Waals surface area contributed by atoms with Crippen molar-refractivity contribution in [1.29, 1.82) is 0 Å². The summed E-state index contributed by atoms with van der Waals surface area (Å²) in [6.07, 6.45) is 4.24. The second-order valence-electron chi connectivity index (χ2n) is 5.92. The fourth-order valence-corrected chi connectivity index (χ4v) is 5.87. The van der Waals surface area contributed by atoms with Gasteiger partial charge >= 0.3 is 0 Å². The Balaban J connectivity index is 2.10. The molecule has 0 aliphatic carbocycles. The second kappa shape index (κ2) is 6.77. The zero-order valence-corrected chi connectivity index (χ0v) is 14.8. The van der Waals surface area contributed by atoms with Crippen LogP contribution in [0.1, 0.15) is 45.1 Å². The van der Waals surface area contributed by atoms with Gasteiger partial charge in [0, 0.05) is 19.6 Å². The van der Waals surface area contributed by atoms with Crippen LogP contribution in [0.25, 0.3) is 0 Å². The Kier molecular flexibility index (Phi) is 5.46. The average molecular weight is 331 g/mol. The second-order valence-corrected chi connectivity index (χ2v) is 8.99. The highest BCUT2D eigenvalue weighted by Gasteiger charge is 2.36. The maximum atomic E-state index is 12.7. The highest BCUT2D eigenvalue weighted by Crippen LogP contribution is 2.39. The summed E-state index contributed by atoms with van der Waals surface area (Å²) in [5.41, 5.74) is 1.38. The monoisotopic (exact) mass is 330 g/mol. The lowest BCUT2D eigenvalue weighted by Crippen LogP contribution is -2.42. The van der Waals surface area contributed by atoms with E-state index in [-0.39, 0.29) is 0 Å². The summed E-state index contributed by atoms with van der Waals surface area (Å²) >= 11 is 1.33. The van der Waals surface area contributed by atoms with Crippen LogP contribution in [0.15, 0.2) is 15.7 Å². The van der Waals surface area contributed by atoms with Crippen LogP contribution in [-0.4, -0.2) is 32.9 Å². The molecule has 1 saturated heterocycles. The van der Waals surface area contributed by atoms with Crippen molar-refractivity contribution in [3.63, 3.8) is 0 Å². The van der Waals surface area contributed by atoms with Crippen LogP contribution in [0, 0.1) is 5.41 Å². The van der Waals surface area contributed by atoms with Gasteiger partial charge in [-0.05, 0) is 42.3 Å². The van der Waals surface area contributed by atoms with Crippen molar-refractivity contribution in [2.45, 2.75) is 50.3 Å². The lowest BCUT2D eigenvalue weighted by Gasteiger charge is -2.40. The quantitative estimate of drug-likeness (QED) is 0.872. The smallest absolute Gasteiger partial charge is 0.252 e. The SMILES string of the molecule is CCC1(CC)CCN(S(=O)(=O)c2cc(CNC)cs2)CC1. The molecule has 0 aromatic carbocycles. The van der Waals surface area contributed by atoms with Crippen molar-refractivity contribution in [3.05, 3.63) is 17.0 Å². The molecule has 21 heavy (non-hydrogen) atoms. The van der Waals surface area contributed by atoms with Crippen molar-refractivity contribution >= 4 is 21.4 Å². The number of nitrogens with zero attached hydrogens (tertiary/aromatic N) is 1. The van der Waals surface area contributed by atoms with Crippen LogP contribution < -0.4 is 5.32 Å². The predicted octanol–water partition coefficient (Wildman–Crippen LogP) is 3.06.